The third-order valence-corrected chi connectivity index (χ3v) is 5.50. The maximum absolute atomic E-state index is 13.4. The highest BCUT2D eigenvalue weighted by atomic mass is 19.1. The van der Waals surface area contributed by atoms with Crippen LogP contribution in [0.3, 0.4) is 0 Å². The van der Waals surface area contributed by atoms with E-state index in [2.05, 4.69) is 22.2 Å². The van der Waals surface area contributed by atoms with Crippen LogP contribution in [0.2, 0.25) is 0 Å². The Morgan fingerprint density at radius 1 is 1.25 bits per heavy atom. The van der Waals surface area contributed by atoms with Gasteiger partial charge >= 0.3 is 0 Å². The van der Waals surface area contributed by atoms with Gasteiger partial charge in [-0.15, -0.1) is 0 Å². The second-order valence-electron chi connectivity index (χ2n) is 7.07. The van der Waals surface area contributed by atoms with E-state index in [1.807, 2.05) is 0 Å². The number of hydrogen-bond donors (Lipinski definition) is 2. The molecule has 1 saturated heterocycles. The average Bonchev–Trinajstić information content (AvgIpc) is 3.06. The van der Waals surface area contributed by atoms with Crippen molar-refractivity contribution in [3.8, 4) is 5.75 Å². The molecule has 1 saturated carbocycles. The predicted molar refractivity (Wildman–Crippen MR) is 90.7 cm³/mol. The summed E-state index contributed by atoms with van der Waals surface area (Å²) in [7, 11) is 2.14. The molecule has 0 unspecified atom stereocenters. The molecule has 1 aliphatic carbocycles. The number of aromatic hydroxyl groups is 1. The number of nitrogens with one attached hydrogen (secondary N) is 1. The Morgan fingerprint density at radius 2 is 1.92 bits per heavy atom. The fourth-order valence-electron chi connectivity index (χ4n) is 3.91. The van der Waals surface area contributed by atoms with Crippen LogP contribution in [0.25, 0.3) is 0 Å². The lowest BCUT2D eigenvalue weighted by atomic mass is 9.93. The molecule has 5 nitrogen and oxygen atoms in total. The van der Waals surface area contributed by atoms with Gasteiger partial charge in [-0.1, -0.05) is 12.8 Å². The predicted octanol–water partition coefficient (Wildman–Crippen LogP) is 1.82. The van der Waals surface area contributed by atoms with Gasteiger partial charge in [-0.2, -0.15) is 0 Å². The van der Waals surface area contributed by atoms with Gasteiger partial charge in [0, 0.05) is 43.8 Å². The van der Waals surface area contributed by atoms with Gasteiger partial charge in [0.05, 0.1) is 0 Å². The first kappa shape index (κ1) is 17.2. The maximum atomic E-state index is 13.4. The molecular formula is C18H26FN3O2. The van der Waals surface area contributed by atoms with E-state index in [1.54, 1.807) is 0 Å². The van der Waals surface area contributed by atoms with Crippen molar-refractivity contribution in [1.29, 1.82) is 0 Å². The highest BCUT2D eigenvalue weighted by Crippen LogP contribution is 2.35. The summed E-state index contributed by atoms with van der Waals surface area (Å²) in [6.07, 6.45) is 4.58. The van der Waals surface area contributed by atoms with Crippen LogP contribution in [0.15, 0.2) is 18.2 Å². The van der Waals surface area contributed by atoms with Gasteiger partial charge in [-0.3, -0.25) is 9.69 Å². The Labute approximate surface area is 142 Å². The monoisotopic (exact) mass is 335 g/mol. The van der Waals surface area contributed by atoms with Gasteiger partial charge in [-0.25, -0.2) is 4.39 Å². The number of nitrogens with zero attached hydrogens (tertiary/aromatic N) is 2. The molecule has 132 valence electrons. The minimum atomic E-state index is -0.766. The number of rotatable bonds is 4. The largest absolute Gasteiger partial charge is 0.505 e. The highest BCUT2D eigenvalue weighted by molar-refractivity contribution is 5.94. The molecule has 2 aliphatic rings. The molecule has 24 heavy (non-hydrogen) atoms. The summed E-state index contributed by atoms with van der Waals surface area (Å²) in [4.78, 5) is 17.2. The standard InChI is InChI=1S/C18H26FN3O2/c1-21-8-10-22(11-9-21)18(6-2-3-7-18)13-20-17(24)14-4-5-16(23)15(19)12-14/h4-5,12,23H,2-3,6-11,13H2,1H3,(H,20,24). The van der Waals surface area contributed by atoms with Crippen molar-refractivity contribution in [2.24, 2.45) is 0 Å². The first-order chi connectivity index (χ1) is 11.5. The molecule has 1 heterocycles. The number of halogens is 1. The second-order valence-corrected chi connectivity index (χ2v) is 7.07. The molecule has 3 rings (SSSR count). The Bertz CT molecular complexity index is 594. The van der Waals surface area contributed by atoms with Gasteiger partial charge in [0.25, 0.3) is 5.91 Å². The Hall–Kier alpha value is -1.66. The summed E-state index contributed by atoms with van der Waals surface area (Å²) in [6.45, 7) is 4.76. The molecule has 1 amide bonds. The van der Waals surface area contributed by atoms with Crippen molar-refractivity contribution in [3.05, 3.63) is 29.6 Å². The molecule has 6 heteroatoms. The topological polar surface area (TPSA) is 55.8 Å². The van der Waals surface area contributed by atoms with Gasteiger partial charge in [0.15, 0.2) is 11.6 Å². The van der Waals surface area contributed by atoms with Crippen LogP contribution >= 0.6 is 0 Å². The molecule has 1 aromatic carbocycles. The number of benzene rings is 1. The maximum Gasteiger partial charge on any atom is 0.251 e. The summed E-state index contributed by atoms with van der Waals surface area (Å²) in [5.41, 5.74) is 0.281. The van der Waals surface area contributed by atoms with Crippen molar-refractivity contribution in [3.63, 3.8) is 0 Å². The normalized spacial score (nSPS) is 21.8. The summed E-state index contributed by atoms with van der Waals surface area (Å²) in [5, 5.41) is 12.2. The minimum absolute atomic E-state index is 0.0341. The number of phenols is 1. The SMILES string of the molecule is CN1CCN(C2(CNC(=O)c3ccc(O)c(F)c3)CCCC2)CC1. The van der Waals surface area contributed by atoms with Crippen LogP contribution in [-0.4, -0.2) is 66.1 Å². The summed E-state index contributed by atoms with van der Waals surface area (Å²) in [6, 6.07) is 3.75. The summed E-state index contributed by atoms with van der Waals surface area (Å²) in [5.74, 6) is -1.48. The molecule has 1 aromatic rings. The zero-order chi connectivity index (χ0) is 17.2. The van der Waals surface area contributed by atoms with E-state index in [-0.39, 0.29) is 17.0 Å². The quantitative estimate of drug-likeness (QED) is 0.881. The highest BCUT2D eigenvalue weighted by Gasteiger charge is 2.40. The third kappa shape index (κ3) is 3.54. The van der Waals surface area contributed by atoms with E-state index < -0.39 is 11.6 Å². The lowest BCUT2D eigenvalue weighted by Gasteiger charge is -2.45. The van der Waals surface area contributed by atoms with Gasteiger partial charge < -0.3 is 15.3 Å². The van der Waals surface area contributed by atoms with Crippen LogP contribution in [0.1, 0.15) is 36.0 Å². The summed E-state index contributed by atoms with van der Waals surface area (Å²) >= 11 is 0. The Balaban J connectivity index is 1.65. The third-order valence-electron chi connectivity index (χ3n) is 5.50. The number of likely N-dealkylation sites (N-methyl/N-ethyl adjacent to an activating group) is 1. The Kier molecular flexibility index (Phi) is 5.06. The molecule has 0 spiro atoms. The second kappa shape index (κ2) is 7.07. The number of amides is 1. The number of hydrogen-bond acceptors (Lipinski definition) is 4. The number of phenolic OH excluding ortho intramolecular Hbond substituents is 1. The fraction of sp³-hybridized carbons (Fsp3) is 0.611. The molecule has 0 aromatic heterocycles. The smallest absolute Gasteiger partial charge is 0.251 e. The van der Waals surface area contributed by atoms with Gasteiger partial charge in [0.1, 0.15) is 0 Å². The van der Waals surface area contributed by atoms with E-state index in [1.165, 1.54) is 25.0 Å². The minimum Gasteiger partial charge on any atom is -0.505 e. The van der Waals surface area contributed by atoms with Crippen LogP contribution in [-0.2, 0) is 0 Å². The molecule has 1 aliphatic heterocycles. The number of carbonyl (C=O) groups excluding carboxylic acids is 1. The fourth-order valence-corrected chi connectivity index (χ4v) is 3.91. The van der Waals surface area contributed by atoms with Crippen molar-refractivity contribution < 1.29 is 14.3 Å². The molecule has 0 atom stereocenters. The van der Waals surface area contributed by atoms with E-state index in [9.17, 15) is 14.3 Å². The molecular weight excluding hydrogens is 309 g/mol. The van der Waals surface area contributed by atoms with Crippen LogP contribution in [0.5, 0.6) is 5.75 Å². The number of carbonyl (C=O) groups is 1. The van der Waals surface area contributed by atoms with E-state index in [4.69, 9.17) is 0 Å². The van der Waals surface area contributed by atoms with Crippen molar-refractivity contribution in [2.75, 3.05) is 39.8 Å². The van der Waals surface area contributed by atoms with E-state index in [0.717, 1.165) is 45.1 Å². The van der Waals surface area contributed by atoms with Crippen molar-refractivity contribution in [1.82, 2.24) is 15.1 Å². The van der Waals surface area contributed by atoms with Crippen LogP contribution < -0.4 is 5.32 Å². The van der Waals surface area contributed by atoms with Gasteiger partial charge in [-0.05, 0) is 38.1 Å². The van der Waals surface area contributed by atoms with E-state index in [0.29, 0.717) is 6.54 Å². The average molecular weight is 335 g/mol. The van der Waals surface area contributed by atoms with Crippen molar-refractivity contribution in [2.45, 2.75) is 31.2 Å². The molecule has 0 bridgehead atoms. The first-order valence-corrected chi connectivity index (χ1v) is 8.70. The molecule has 2 fully saturated rings. The summed E-state index contributed by atoms with van der Waals surface area (Å²) < 4.78 is 13.4. The van der Waals surface area contributed by atoms with Crippen molar-refractivity contribution >= 4 is 5.91 Å². The number of piperazine rings is 1. The molecule has 2 N–H and O–H groups in total. The first-order valence-electron chi connectivity index (χ1n) is 8.70. The lowest BCUT2D eigenvalue weighted by Crippen LogP contribution is -2.59. The molecule has 0 radical (unpaired) electrons. The zero-order valence-corrected chi connectivity index (χ0v) is 14.2. The zero-order valence-electron chi connectivity index (χ0n) is 14.2. The van der Waals surface area contributed by atoms with E-state index >= 15 is 0 Å². The van der Waals surface area contributed by atoms with Gasteiger partial charge in [0.2, 0.25) is 0 Å². The Morgan fingerprint density at radius 3 is 2.54 bits per heavy atom. The lowest BCUT2D eigenvalue weighted by molar-refractivity contribution is 0.0414. The van der Waals surface area contributed by atoms with Crippen LogP contribution in [0.4, 0.5) is 4.39 Å². The van der Waals surface area contributed by atoms with Crippen LogP contribution in [0, 0.1) is 5.82 Å².